The van der Waals surface area contributed by atoms with Crippen molar-refractivity contribution in [2.45, 2.75) is 13.8 Å². The molecule has 1 N–H and O–H groups in total. The number of methoxy groups -OCH3 is 3. The van der Waals surface area contributed by atoms with Gasteiger partial charge < -0.3 is 19.5 Å². The fraction of sp³-hybridized carbons (Fsp3) is 0.500. The van der Waals surface area contributed by atoms with E-state index in [9.17, 15) is 0 Å². The van der Waals surface area contributed by atoms with E-state index in [0.29, 0.717) is 23.2 Å². The summed E-state index contributed by atoms with van der Waals surface area (Å²) >= 11 is 0. The Kier molecular flexibility index (Phi) is 6.94. The van der Waals surface area contributed by atoms with Crippen LogP contribution in [0.25, 0.3) is 6.08 Å². The number of rotatable bonds is 8. The zero-order valence-electron chi connectivity index (χ0n) is 13.0. The molecule has 112 valence electrons. The summed E-state index contributed by atoms with van der Waals surface area (Å²) in [5, 5.41) is 3.36. The van der Waals surface area contributed by atoms with Crippen LogP contribution in [-0.2, 0) is 0 Å². The Balaban J connectivity index is 2.77. The van der Waals surface area contributed by atoms with E-state index < -0.39 is 0 Å². The first kappa shape index (κ1) is 16.4. The van der Waals surface area contributed by atoms with Gasteiger partial charge in [-0.05, 0) is 30.2 Å². The van der Waals surface area contributed by atoms with Gasteiger partial charge in [-0.25, -0.2) is 0 Å². The molecule has 20 heavy (non-hydrogen) atoms. The monoisotopic (exact) mass is 279 g/mol. The maximum absolute atomic E-state index is 5.32. The molecule has 0 radical (unpaired) electrons. The van der Waals surface area contributed by atoms with Gasteiger partial charge in [-0.1, -0.05) is 26.0 Å². The van der Waals surface area contributed by atoms with Gasteiger partial charge in [-0.3, -0.25) is 0 Å². The predicted octanol–water partition coefficient (Wildman–Crippen LogP) is 2.97. The Hall–Kier alpha value is -1.68. The van der Waals surface area contributed by atoms with E-state index in [-0.39, 0.29) is 0 Å². The molecule has 1 rings (SSSR count). The van der Waals surface area contributed by atoms with Gasteiger partial charge in [-0.2, -0.15) is 0 Å². The molecule has 0 saturated carbocycles. The SMILES string of the molecule is COc1cc(C=CCNCC(C)C)cc(OC)c1OC. The van der Waals surface area contributed by atoms with Gasteiger partial charge in [-0.15, -0.1) is 0 Å². The average molecular weight is 279 g/mol. The molecule has 0 aliphatic carbocycles. The second-order valence-corrected chi connectivity index (χ2v) is 4.91. The summed E-state index contributed by atoms with van der Waals surface area (Å²) in [7, 11) is 4.84. The molecule has 0 saturated heterocycles. The molecule has 0 heterocycles. The Morgan fingerprint density at radius 3 is 2.10 bits per heavy atom. The van der Waals surface area contributed by atoms with Crippen molar-refractivity contribution in [2.24, 2.45) is 5.92 Å². The van der Waals surface area contributed by atoms with E-state index >= 15 is 0 Å². The van der Waals surface area contributed by atoms with E-state index in [1.54, 1.807) is 21.3 Å². The molecule has 0 aromatic heterocycles. The zero-order valence-corrected chi connectivity index (χ0v) is 13.0. The van der Waals surface area contributed by atoms with Crippen LogP contribution in [0, 0.1) is 5.92 Å². The molecule has 4 heteroatoms. The summed E-state index contributed by atoms with van der Waals surface area (Å²) in [6, 6.07) is 3.86. The van der Waals surface area contributed by atoms with E-state index in [0.717, 1.165) is 18.7 Å². The zero-order chi connectivity index (χ0) is 15.0. The van der Waals surface area contributed by atoms with Crippen LogP contribution in [0.1, 0.15) is 19.4 Å². The molecule has 0 spiro atoms. The predicted molar refractivity (Wildman–Crippen MR) is 82.8 cm³/mol. The third-order valence-corrected chi connectivity index (χ3v) is 2.81. The highest BCUT2D eigenvalue weighted by molar-refractivity contribution is 5.62. The summed E-state index contributed by atoms with van der Waals surface area (Å²) in [4.78, 5) is 0. The standard InChI is InChI=1S/C16H25NO3/c1-12(2)11-17-8-6-7-13-9-14(18-3)16(20-5)15(10-13)19-4/h6-7,9-10,12,17H,8,11H2,1-5H3. The van der Waals surface area contributed by atoms with Crippen LogP contribution in [0.2, 0.25) is 0 Å². The Labute approximate surface area is 121 Å². The second kappa shape index (κ2) is 8.48. The van der Waals surface area contributed by atoms with Crippen LogP contribution in [-0.4, -0.2) is 34.4 Å². The van der Waals surface area contributed by atoms with Crippen molar-refractivity contribution >= 4 is 6.08 Å². The number of benzene rings is 1. The highest BCUT2D eigenvalue weighted by atomic mass is 16.5. The number of hydrogen-bond donors (Lipinski definition) is 1. The highest BCUT2D eigenvalue weighted by Gasteiger charge is 2.11. The van der Waals surface area contributed by atoms with Crippen LogP contribution in [0.15, 0.2) is 18.2 Å². The molecule has 4 nitrogen and oxygen atoms in total. The third kappa shape index (κ3) is 4.78. The lowest BCUT2D eigenvalue weighted by Crippen LogP contribution is -2.19. The minimum absolute atomic E-state index is 0.616. The highest BCUT2D eigenvalue weighted by Crippen LogP contribution is 2.38. The van der Waals surface area contributed by atoms with Crippen molar-refractivity contribution in [3.63, 3.8) is 0 Å². The van der Waals surface area contributed by atoms with Crippen molar-refractivity contribution < 1.29 is 14.2 Å². The molecule has 0 unspecified atom stereocenters. The van der Waals surface area contributed by atoms with Gasteiger partial charge in [0, 0.05) is 6.54 Å². The van der Waals surface area contributed by atoms with Gasteiger partial charge in [0.2, 0.25) is 5.75 Å². The van der Waals surface area contributed by atoms with Crippen LogP contribution in [0.4, 0.5) is 0 Å². The van der Waals surface area contributed by atoms with E-state index in [1.165, 1.54) is 0 Å². The Morgan fingerprint density at radius 1 is 1.05 bits per heavy atom. The summed E-state index contributed by atoms with van der Waals surface area (Å²) in [5.41, 5.74) is 1.02. The first-order valence-corrected chi connectivity index (χ1v) is 6.79. The minimum Gasteiger partial charge on any atom is -0.493 e. The van der Waals surface area contributed by atoms with Crippen molar-refractivity contribution in [2.75, 3.05) is 34.4 Å². The lowest BCUT2D eigenvalue weighted by atomic mass is 10.1. The van der Waals surface area contributed by atoms with E-state index in [1.807, 2.05) is 18.2 Å². The molecular weight excluding hydrogens is 254 g/mol. The molecule has 0 aliphatic rings. The fourth-order valence-electron chi connectivity index (χ4n) is 1.85. The summed E-state index contributed by atoms with van der Waals surface area (Å²) in [6.07, 6.45) is 4.13. The van der Waals surface area contributed by atoms with Gasteiger partial charge >= 0.3 is 0 Å². The van der Waals surface area contributed by atoms with Crippen molar-refractivity contribution in [1.82, 2.24) is 5.32 Å². The molecule has 1 aromatic carbocycles. The molecule has 0 bridgehead atoms. The summed E-state index contributed by atoms with van der Waals surface area (Å²) in [6.45, 7) is 6.24. The first-order chi connectivity index (χ1) is 9.62. The number of nitrogens with one attached hydrogen (secondary N) is 1. The Bertz CT molecular complexity index is 416. The molecule has 0 amide bonds. The van der Waals surface area contributed by atoms with Crippen LogP contribution in [0.3, 0.4) is 0 Å². The topological polar surface area (TPSA) is 39.7 Å². The van der Waals surface area contributed by atoms with Gasteiger partial charge in [0.05, 0.1) is 21.3 Å². The minimum atomic E-state index is 0.616. The van der Waals surface area contributed by atoms with Gasteiger partial charge in [0.25, 0.3) is 0 Å². The quantitative estimate of drug-likeness (QED) is 0.743. The van der Waals surface area contributed by atoms with Crippen molar-refractivity contribution in [1.29, 1.82) is 0 Å². The van der Waals surface area contributed by atoms with Crippen LogP contribution < -0.4 is 19.5 Å². The van der Waals surface area contributed by atoms with Crippen LogP contribution in [0.5, 0.6) is 17.2 Å². The lowest BCUT2D eigenvalue weighted by Gasteiger charge is -2.12. The fourth-order valence-corrected chi connectivity index (χ4v) is 1.85. The van der Waals surface area contributed by atoms with Gasteiger partial charge in [0.1, 0.15) is 0 Å². The lowest BCUT2D eigenvalue weighted by molar-refractivity contribution is 0.324. The maximum Gasteiger partial charge on any atom is 0.203 e. The van der Waals surface area contributed by atoms with Crippen molar-refractivity contribution in [3.8, 4) is 17.2 Å². The normalized spacial score (nSPS) is 11.1. The van der Waals surface area contributed by atoms with Crippen molar-refractivity contribution in [3.05, 3.63) is 23.8 Å². The van der Waals surface area contributed by atoms with E-state index in [2.05, 4.69) is 25.2 Å². The number of hydrogen-bond acceptors (Lipinski definition) is 4. The average Bonchev–Trinajstić information content (AvgIpc) is 2.45. The largest absolute Gasteiger partial charge is 0.493 e. The molecule has 0 aliphatic heterocycles. The third-order valence-electron chi connectivity index (χ3n) is 2.81. The van der Waals surface area contributed by atoms with Crippen LogP contribution >= 0.6 is 0 Å². The first-order valence-electron chi connectivity index (χ1n) is 6.79. The number of ether oxygens (including phenoxy) is 3. The maximum atomic E-state index is 5.32. The Morgan fingerprint density at radius 2 is 1.65 bits per heavy atom. The molecule has 0 fully saturated rings. The molecule has 0 atom stereocenters. The molecule has 1 aromatic rings. The van der Waals surface area contributed by atoms with Gasteiger partial charge in [0.15, 0.2) is 11.5 Å². The second-order valence-electron chi connectivity index (χ2n) is 4.91. The van der Waals surface area contributed by atoms with E-state index in [4.69, 9.17) is 14.2 Å². The summed E-state index contributed by atoms with van der Waals surface area (Å²) < 4.78 is 15.9. The molecular formula is C16H25NO3. The smallest absolute Gasteiger partial charge is 0.203 e. The summed E-state index contributed by atoms with van der Waals surface area (Å²) in [5.74, 6) is 2.61.